The van der Waals surface area contributed by atoms with E-state index >= 15 is 0 Å². The Hall–Kier alpha value is -2.40. The van der Waals surface area contributed by atoms with Crippen molar-refractivity contribution in [2.45, 2.75) is 38.8 Å². The lowest BCUT2D eigenvalue weighted by atomic mass is 10.1. The molecule has 0 saturated heterocycles. The number of ether oxygens (including phenoxy) is 1. The van der Waals surface area contributed by atoms with E-state index in [4.69, 9.17) is 4.74 Å². The van der Waals surface area contributed by atoms with Crippen molar-refractivity contribution in [2.75, 3.05) is 24.1 Å². The molecule has 2 N–H and O–H groups in total. The fourth-order valence-corrected chi connectivity index (χ4v) is 2.69. The first-order chi connectivity index (χ1) is 12.6. The van der Waals surface area contributed by atoms with Crippen molar-refractivity contribution in [1.29, 1.82) is 0 Å². The molecule has 0 aliphatic rings. The maximum Gasteiger partial charge on any atom is 0.306 e. The Balaban J connectivity index is 2.72. The van der Waals surface area contributed by atoms with Gasteiger partial charge in [0.25, 0.3) is 5.09 Å². The van der Waals surface area contributed by atoms with Crippen molar-refractivity contribution in [1.82, 2.24) is 5.32 Å². The van der Waals surface area contributed by atoms with Crippen molar-refractivity contribution < 1.29 is 27.9 Å². The number of nitrogens with zero attached hydrogens (tertiary/aromatic N) is 1. The second kappa shape index (κ2) is 10.7. The Morgan fingerprint density at radius 2 is 1.89 bits per heavy atom. The average molecular weight is 403 g/mol. The summed E-state index contributed by atoms with van der Waals surface area (Å²) in [5, 5.41) is 12.4. The van der Waals surface area contributed by atoms with Gasteiger partial charge in [0, 0.05) is 24.7 Å². The number of sulfonamides is 1. The van der Waals surface area contributed by atoms with E-state index in [0.717, 1.165) is 6.26 Å². The molecule has 1 aromatic rings. The highest BCUT2D eigenvalue weighted by Crippen LogP contribution is 2.21. The molecule has 0 bridgehead atoms. The summed E-state index contributed by atoms with van der Waals surface area (Å²) in [4.78, 5) is 26.2. The Labute approximate surface area is 158 Å². The molecule has 152 valence electrons. The summed E-state index contributed by atoms with van der Waals surface area (Å²) in [6.07, 6.45) is 0.630. The zero-order valence-electron chi connectivity index (χ0n) is 15.5. The number of carbonyl (C=O) groups is 1. The van der Waals surface area contributed by atoms with Gasteiger partial charge < -0.3 is 14.9 Å². The lowest BCUT2D eigenvalue weighted by Gasteiger charge is -2.21. The highest BCUT2D eigenvalue weighted by molar-refractivity contribution is 7.92. The van der Waals surface area contributed by atoms with E-state index in [0.29, 0.717) is 17.8 Å². The molecular weight excluding hydrogens is 378 g/mol. The first kappa shape index (κ1) is 22.6. The minimum atomic E-state index is -3.38. The summed E-state index contributed by atoms with van der Waals surface area (Å²) in [6.45, 7) is 4.09. The van der Waals surface area contributed by atoms with Crippen LogP contribution in [0.1, 0.15) is 38.4 Å². The van der Waals surface area contributed by atoms with Gasteiger partial charge >= 0.3 is 5.97 Å². The van der Waals surface area contributed by atoms with Crippen molar-refractivity contribution in [3.63, 3.8) is 0 Å². The summed E-state index contributed by atoms with van der Waals surface area (Å²) >= 11 is 0. The lowest BCUT2D eigenvalue weighted by Crippen LogP contribution is -2.30. The standard InChI is InChI=1S/C16H25N3O7S/c1-12(2)17-11-15(26-16(20)5-4-10-25-19(21)22)13-6-8-14(9-7-13)18-27(3,23)24/h6-9,12,15,17-18H,4-5,10-11H2,1-3H3. The Bertz CT molecular complexity index is 720. The molecule has 27 heavy (non-hydrogen) atoms. The van der Waals surface area contributed by atoms with Crippen LogP contribution in [0.15, 0.2) is 24.3 Å². The van der Waals surface area contributed by atoms with Gasteiger partial charge in [0.1, 0.15) is 6.10 Å². The zero-order chi connectivity index (χ0) is 20.4. The van der Waals surface area contributed by atoms with Gasteiger partial charge in [-0.25, -0.2) is 8.42 Å². The molecule has 1 atom stereocenters. The summed E-state index contributed by atoms with van der Waals surface area (Å²) < 4.78 is 30.4. The average Bonchev–Trinajstić information content (AvgIpc) is 2.54. The summed E-state index contributed by atoms with van der Waals surface area (Å²) in [5.74, 6) is -0.504. The first-order valence-electron chi connectivity index (χ1n) is 8.34. The Kier molecular flexibility index (Phi) is 8.95. The Morgan fingerprint density at radius 1 is 1.26 bits per heavy atom. The van der Waals surface area contributed by atoms with Gasteiger partial charge in [0.05, 0.1) is 12.9 Å². The number of rotatable bonds is 12. The van der Waals surface area contributed by atoms with Crippen LogP contribution in [0, 0.1) is 10.1 Å². The largest absolute Gasteiger partial charge is 0.456 e. The number of carbonyl (C=O) groups excluding carboxylic acids is 1. The van der Waals surface area contributed by atoms with E-state index in [9.17, 15) is 23.3 Å². The van der Waals surface area contributed by atoms with Gasteiger partial charge in [0.2, 0.25) is 10.0 Å². The highest BCUT2D eigenvalue weighted by Gasteiger charge is 2.17. The van der Waals surface area contributed by atoms with Gasteiger partial charge in [-0.2, -0.15) is 0 Å². The van der Waals surface area contributed by atoms with Crippen LogP contribution in [0.3, 0.4) is 0 Å². The predicted octanol–water partition coefficient (Wildman–Crippen LogP) is 1.63. The molecule has 11 heteroatoms. The molecule has 0 aromatic heterocycles. The number of nitrogens with one attached hydrogen (secondary N) is 2. The third-order valence-corrected chi connectivity index (χ3v) is 3.90. The monoisotopic (exact) mass is 403 g/mol. The van der Waals surface area contributed by atoms with E-state index in [2.05, 4.69) is 14.9 Å². The molecule has 1 rings (SSSR count). The third-order valence-electron chi connectivity index (χ3n) is 3.29. The van der Waals surface area contributed by atoms with E-state index in [1.165, 1.54) is 0 Å². The third kappa shape index (κ3) is 10.4. The summed E-state index contributed by atoms with van der Waals surface area (Å²) in [7, 11) is -3.38. The Morgan fingerprint density at radius 3 is 2.41 bits per heavy atom. The number of hydrogen-bond acceptors (Lipinski definition) is 8. The van der Waals surface area contributed by atoms with E-state index < -0.39 is 27.2 Å². The normalized spacial score (nSPS) is 12.4. The van der Waals surface area contributed by atoms with Crippen LogP contribution in [0.4, 0.5) is 5.69 Å². The minimum absolute atomic E-state index is 0.0142. The topological polar surface area (TPSA) is 137 Å². The maximum atomic E-state index is 12.0. The fraction of sp³-hybridized carbons (Fsp3) is 0.562. The second-order valence-electron chi connectivity index (χ2n) is 6.20. The number of esters is 1. The molecule has 1 unspecified atom stereocenters. The number of hydrogen-bond donors (Lipinski definition) is 2. The lowest BCUT2D eigenvalue weighted by molar-refractivity contribution is -0.757. The molecule has 0 radical (unpaired) electrons. The summed E-state index contributed by atoms with van der Waals surface area (Å²) in [5.41, 5.74) is 1.09. The molecule has 1 aromatic carbocycles. The van der Waals surface area contributed by atoms with Gasteiger partial charge in [-0.3, -0.25) is 9.52 Å². The highest BCUT2D eigenvalue weighted by atomic mass is 32.2. The molecular formula is C16H25N3O7S. The SMILES string of the molecule is CC(C)NCC(OC(=O)CCCO[N+](=O)[O-])c1ccc(NS(C)(=O)=O)cc1. The molecule has 0 heterocycles. The van der Waals surface area contributed by atoms with E-state index in [-0.39, 0.29) is 25.5 Å². The molecule has 10 nitrogen and oxygen atoms in total. The van der Waals surface area contributed by atoms with Crippen molar-refractivity contribution in [3.8, 4) is 0 Å². The summed E-state index contributed by atoms with van der Waals surface area (Å²) in [6, 6.07) is 6.67. The number of anilines is 1. The smallest absolute Gasteiger partial charge is 0.306 e. The van der Waals surface area contributed by atoms with Crippen LogP contribution in [0.5, 0.6) is 0 Å². The van der Waals surface area contributed by atoms with Gasteiger partial charge in [-0.05, 0) is 24.1 Å². The predicted molar refractivity (Wildman–Crippen MR) is 99.1 cm³/mol. The maximum absolute atomic E-state index is 12.0. The molecule has 0 fully saturated rings. The van der Waals surface area contributed by atoms with Crippen LogP contribution < -0.4 is 10.0 Å². The van der Waals surface area contributed by atoms with Crippen LogP contribution >= 0.6 is 0 Å². The molecule has 0 aliphatic heterocycles. The van der Waals surface area contributed by atoms with E-state index in [1.54, 1.807) is 24.3 Å². The fourth-order valence-electron chi connectivity index (χ4n) is 2.12. The quantitative estimate of drug-likeness (QED) is 0.232. The first-order valence-corrected chi connectivity index (χ1v) is 10.2. The van der Waals surface area contributed by atoms with Crippen molar-refractivity contribution in [2.24, 2.45) is 0 Å². The van der Waals surface area contributed by atoms with Gasteiger partial charge in [-0.1, -0.05) is 26.0 Å². The molecule has 0 amide bonds. The van der Waals surface area contributed by atoms with Crippen LogP contribution in [-0.4, -0.2) is 44.9 Å². The second-order valence-corrected chi connectivity index (χ2v) is 7.95. The molecule has 0 aliphatic carbocycles. The van der Waals surface area contributed by atoms with E-state index in [1.807, 2.05) is 13.8 Å². The van der Waals surface area contributed by atoms with Crippen LogP contribution in [0.2, 0.25) is 0 Å². The molecule has 0 saturated carbocycles. The van der Waals surface area contributed by atoms with Crippen molar-refractivity contribution >= 4 is 21.7 Å². The van der Waals surface area contributed by atoms with Gasteiger partial charge in [0.15, 0.2) is 0 Å². The van der Waals surface area contributed by atoms with Crippen LogP contribution in [0.25, 0.3) is 0 Å². The van der Waals surface area contributed by atoms with Crippen LogP contribution in [-0.2, 0) is 24.4 Å². The zero-order valence-corrected chi connectivity index (χ0v) is 16.3. The van der Waals surface area contributed by atoms with Gasteiger partial charge in [-0.15, -0.1) is 10.1 Å². The minimum Gasteiger partial charge on any atom is -0.456 e. The number of benzene rings is 1. The van der Waals surface area contributed by atoms with Crippen molar-refractivity contribution in [3.05, 3.63) is 39.9 Å². The molecule has 0 spiro atoms.